The first kappa shape index (κ1) is 22.4. The molecule has 3 aliphatic rings. The minimum atomic E-state index is -0.958. The first-order valence-corrected chi connectivity index (χ1v) is 12.0. The van der Waals surface area contributed by atoms with E-state index < -0.39 is 11.6 Å². The summed E-state index contributed by atoms with van der Waals surface area (Å²) in [7, 11) is 0. The van der Waals surface area contributed by atoms with Crippen LogP contribution in [0.2, 0.25) is 0 Å². The normalized spacial score (nSPS) is 25.4. The highest BCUT2D eigenvalue weighted by Crippen LogP contribution is 2.33. The quantitative estimate of drug-likeness (QED) is 0.605. The van der Waals surface area contributed by atoms with Crippen molar-refractivity contribution in [2.24, 2.45) is 17.8 Å². The van der Waals surface area contributed by atoms with Gasteiger partial charge in [0.05, 0.1) is 0 Å². The monoisotopic (exact) mass is 432 g/mol. The fraction of sp³-hybridized carbons (Fsp3) is 0.680. The van der Waals surface area contributed by atoms with Crippen LogP contribution in [-0.2, 0) is 4.79 Å². The second kappa shape index (κ2) is 10.2. The highest BCUT2D eigenvalue weighted by Gasteiger charge is 2.29. The minimum absolute atomic E-state index is 0.0689. The third-order valence-corrected chi connectivity index (χ3v) is 7.40. The summed E-state index contributed by atoms with van der Waals surface area (Å²) in [6, 6.07) is 3.80. The van der Waals surface area contributed by atoms with E-state index in [2.05, 4.69) is 10.2 Å². The molecule has 2 saturated carbocycles. The SMILES string of the molecule is O=C(CC1CC1)NC1CCC(CCN2CCC(C(=O)c3ccc(F)c(F)c3)CC2)CC1. The highest BCUT2D eigenvalue weighted by atomic mass is 19.2. The average molecular weight is 433 g/mol. The average Bonchev–Trinajstić information content (AvgIpc) is 3.59. The maximum atomic E-state index is 13.4. The number of halogens is 2. The summed E-state index contributed by atoms with van der Waals surface area (Å²) in [5.41, 5.74) is 0.276. The van der Waals surface area contributed by atoms with E-state index in [0.717, 1.165) is 63.4 Å². The number of amides is 1. The molecule has 6 heteroatoms. The molecule has 4 nitrogen and oxygen atoms in total. The minimum Gasteiger partial charge on any atom is -0.353 e. The van der Waals surface area contributed by atoms with Crippen molar-refractivity contribution in [3.63, 3.8) is 0 Å². The predicted molar refractivity (Wildman–Crippen MR) is 116 cm³/mol. The van der Waals surface area contributed by atoms with Crippen molar-refractivity contribution in [2.45, 2.75) is 70.3 Å². The topological polar surface area (TPSA) is 49.4 Å². The number of carbonyl (C=O) groups excluding carboxylic acids is 2. The second-order valence-electron chi connectivity index (χ2n) is 9.83. The van der Waals surface area contributed by atoms with E-state index in [1.165, 1.54) is 38.2 Å². The number of nitrogens with zero attached hydrogens (tertiary/aromatic N) is 1. The molecule has 1 heterocycles. The molecule has 170 valence electrons. The third-order valence-electron chi connectivity index (χ3n) is 7.40. The molecular formula is C25H34F2N2O2. The van der Waals surface area contributed by atoms with Gasteiger partial charge >= 0.3 is 0 Å². The largest absolute Gasteiger partial charge is 0.353 e. The van der Waals surface area contributed by atoms with Gasteiger partial charge in [-0.05, 0) is 107 Å². The lowest BCUT2D eigenvalue weighted by Crippen LogP contribution is -2.39. The van der Waals surface area contributed by atoms with Gasteiger partial charge in [-0.3, -0.25) is 9.59 Å². The number of ketones is 1. The van der Waals surface area contributed by atoms with Gasteiger partial charge in [0.1, 0.15) is 0 Å². The smallest absolute Gasteiger partial charge is 0.220 e. The lowest BCUT2D eigenvalue weighted by Gasteiger charge is -2.34. The number of carbonyl (C=O) groups is 2. The molecule has 1 amide bonds. The van der Waals surface area contributed by atoms with Gasteiger partial charge in [0.25, 0.3) is 0 Å². The highest BCUT2D eigenvalue weighted by molar-refractivity contribution is 5.97. The molecule has 4 rings (SSSR count). The standard InChI is InChI=1S/C25H34F2N2O2/c26-22-8-5-20(16-23(22)27)25(31)19-10-13-29(14-11-19)12-9-17-3-6-21(7-4-17)28-24(30)15-18-1-2-18/h5,8,16-19,21H,1-4,6-7,9-15H2,(H,28,30). The molecule has 0 radical (unpaired) electrons. The summed E-state index contributed by atoms with van der Waals surface area (Å²) in [5, 5.41) is 3.23. The Kier molecular flexibility index (Phi) is 7.36. The predicted octanol–water partition coefficient (Wildman–Crippen LogP) is 4.72. The Balaban J connectivity index is 1.13. The Labute approximate surface area is 183 Å². The molecule has 1 aromatic rings. The van der Waals surface area contributed by atoms with Crippen molar-refractivity contribution in [3.8, 4) is 0 Å². The van der Waals surface area contributed by atoms with Gasteiger partial charge in [-0.15, -0.1) is 0 Å². The Morgan fingerprint density at radius 2 is 1.58 bits per heavy atom. The Hall–Kier alpha value is -1.82. The number of Topliss-reactive ketones (excluding diaryl/α,β-unsaturated/α-hetero) is 1. The molecule has 0 aromatic heterocycles. The Morgan fingerprint density at radius 1 is 0.903 bits per heavy atom. The molecular weight excluding hydrogens is 398 g/mol. The summed E-state index contributed by atoms with van der Waals surface area (Å²) in [6.45, 7) is 2.81. The second-order valence-corrected chi connectivity index (χ2v) is 9.83. The van der Waals surface area contributed by atoms with Crippen LogP contribution < -0.4 is 5.32 Å². The number of piperidine rings is 1. The molecule has 0 atom stereocenters. The van der Waals surface area contributed by atoms with Gasteiger partial charge in [-0.25, -0.2) is 8.78 Å². The summed E-state index contributed by atoms with van der Waals surface area (Å²) in [5.74, 6) is -0.435. The van der Waals surface area contributed by atoms with Crippen LogP contribution in [0.1, 0.15) is 74.6 Å². The molecule has 1 aliphatic heterocycles. The number of hydrogen-bond acceptors (Lipinski definition) is 3. The van der Waals surface area contributed by atoms with E-state index in [1.807, 2.05) is 0 Å². The molecule has 0 bridgehead atoms. The zero-order valence-corrected chi connectivity index (χ0v) is 18.3. The molecule has 0 unspecified atom stereocenters. The molecule has 1 N–H and O–H groups in total. The lowest BCUT2D eigenvalue weighted by molar-refractivity contribution is -0.122. The summed E-state index contributed by atoms with van der Waals surface area (Å²) in [6.07, 6.45) is 10.4. The number of nitrogens with one attached hydrogen (secondary N) is 1. The van der Waals surface area contributed by atoms with Crippen LogP contribution in [0.5, 0.6) is 0 Å². The molecule has 0 spiro atoms. The van der Waals surface area contributed by atoms with Crippen LogP contribution in [0.4, 0.5) is 8.78 Å². The van der Waals surface area contributed by atoms with Crippen molar-refractivity contribution in [2.75, 3.05) is 19.6 Å². The summed E-state index contributed by atoms with van der Waals surface area (Å²) < 4.78 is 26.5. The van der Waals surface area contributed by atoms with Crippen LogP contribution >= 0.6 is 0 Å². The fourth-order valence-electron chi connectivity index (χ4n) is 5.14. The van der Waals surface area contributed by atoms with E-state index in [4.69, 9.17) is 0 Å². The maximum absolute atomic E-state index is 13.4. The number of hydrogen-bond donors (Lipinski definition) is 1. The van der Waals surface area contributed by atoms with Crippen LogP contribution in [0.3, 0.4) is 0 Å². The molecule has 1 aromatic carbocycles. The maximum Gasteiger partial charge on any atom is 0.220 e. The molecule has 2 aliphatic carbocycles. The summed E-state index contributed by atoms with van der Waals surface area (Å²) in [4.78, 5) is 27.0. The van der Waals surface area contributed by atoms with Gasteiger partial charge < -0.3 is 10.2 Å². The van der Waals surface area contributed by atoms with Crippen molar-refractivity contribution < 1.29 is 18.4 Å². The van der Waals surface area contributed by atoms with Gasteiger partial charge in [0.15, 0.2) is 17.4 Å². The van der Waals surface area contributed by atoms with Gasteiger partial charge in [0, 0.05) is 23.9 Å². The molecule has 31 heavy (non-hydrogen) atoms. The number of likely N-dealkylation sites (tertiary alicyclic amines) is 1. The zero-order valence-electron chi connectivity index (χ0n) is 18.3. The van der Waals surface area contributed by atoms with Gasteiger partial charge in [-0.2, -0.15) is 0 Å². The zero-order chi connectivity index (χ0) is 21.8. The van der Waals surface area contributed by atoms with Crippen molar-refractivity contribution >= 4 is 11.7 Å². The van der Waals surface area contributed by atoms with E-state index in [1.54, 1.807) is 0 Å². The Morgan fingerprint density at radius 3 is 2.23 bits per heavy atom. The van der Waals surface area contributed by atoms with E-state index in [-0.39, 0.29) is 23.2 Å². The summed E-state index contributed by atoms with van der Waals surface area (Å²) >= 11 is 0. The van der Waals surface area contributed by atoms with Crippen LogP contribution in [-0.4, -0.2) is 42.3 Å². The lowest BCUT2D eigenvalue weighted by atomic mass is 9.83. The number of rotatable bonds is 8. The van der Waals surface area contributed by atoms with Crippen molar-refractivity contribution in [3.05, 3.63) is 35.4 Å². The van der Waals surface area contributed by atoms with E-state index in [0.29, 0.717) is 18.4 Å². The molecule has 1 saturated heterocycles. The number of benzene rings is 1. The Bertz CT molecular complexity index is 780. The van der Waals surface area contributed by atoms with Gasteiger partial charge in [-0.1, -0.05) is 0 Å². The van der Waals surface area contributed by atoms with Gasteiger partial charge in [0.2, 0.25) is 5.91 Å². The van der Waals surface area contributed by atoms with E-state index in [9.17, 15) is 18.4 Å². The van der Waals surface area contributed by atoms with Crippen LogP contribution in [0, 0.1) is 29.4 Å². The van der Waals surface area contributed by atoms with Crippen LogP contribution in [0.25, 0.3) is 0 Å². The third kappa shape index (κ3) is 6.34. The first-order chi connectivity index (χ1) is 15.0. The first-order valence-electron chi connectivity index (χ1n) is 12.0. The van der Waals surface area contributed by atoms with Crippen LogP contribution in [0.15, 0.2) is 18.2 Å². The molecule has 3 fully saturated rings. The van der Waals surface area contributed by atoms with Crippen molar-refractivity contribution in [1.29, 1.82) is 0 Å². The fourth-order valence-corrected chi connectivity index (χ4v) is 5.14. The van der Waals surface area contributed by atoms with Crippen molar-refractivity contribution in [1.82, 2.24) is 10.2 Å². The van der Waals surface area contributed by atoms with E-state index >= 15 is 0 Å².